The molecule has 0 saturated carbocycles. The van der Waals surface area contributed by atoms with Crippen molar-refractivity contribution in [3.8, 4) is 5.75 Å². The fraction of sp³-hybridized carbons (Fsp3) is 0.267. The second kappa shape index (κ2) is 6.20. The highest BCUT2D eigenvalue weighted by molar-refractivity contribution is 5.30. The van der Waals surface area contributed by atoms with Gasteiger partial charge in [0, 0.05) is 30.5 Å². The second-order valence-electron chi connectivity index (χ2n) is 4.39. The van der Waals surface area contributed by atoms with Crippen LogP contribution in [0.1, 0.15) is 24.1 Å². The van der Waals surface area contributed by atoms with E-state index in [1.165, 1.54) is 5.56 Å². The molecule has 1 aromatic heterocycles. The first kappa shape index (κ1) is 13.4. The zero-order valence-electron chi connectivity index (χ0n) is 11.3. The number of benzene rings is 1. The third-order valence-corrected chi connectivity index (χ3v) is 3.05. The molecule has 19 heavy (non-hydrogen) atoms. The second-order valence-corrected chi connectivity index (χ2v) is 4.39. The number of methoxy groups -OCH3 is 1. The number of rotatable bonds is 6. The van der Waals surface area contributed by atoms with E-state index in [0.717, 1.165) is 17.9 Å². The van der Waals surface area contributed by atoms with Gasteiger partial charge in [0.1, 0.15) is 5.75 Å². The summed E-state index contributed by atoms with van der Waals surface area (Å²) in [6.07, 6.45) is 5.47. The zero-order valence-corrected chi connectivity index (χ0v) is 11.3. The van der Waals surface area contributed by atoms with Crippen molar-refractivity contribution in [3.63, 3.8) is 0 Å². The van der Waals surface area contributed by atoms with Crippen LogP contribution in [-0.4, -0.2) is 16.9 Å². The van der Waals surface area contributed by atoms with Gasteiger partial charge in [-0.25, -0.2) is 4.68 Å². The van der Waals surface area contributed by atoms with E-state index in [9.17, 15) is 0 Å². The standard InChI is InChI=1S/C15H19N3O/c1-4-18-11-13(10-17-18)9-16-12(2)14-6-5-7-15(8-14)19-3/h4-8,10-12,16H,1,9H2,2-3H3/t12-/m1/s1. The minimum absolute atomic E-state index is 0.252. The smallest absolute Gasteiger partial charge is 0.119 e. The maximum atomic E-state index is 5.23. The summed E-state index contributed by atoms with van der Waals surface area (Å²) in [5.41, 5.74) is 2.34. The van der Waals surface area contributed by atoms with E-state index in [4.69, 9.17) is 4.74 Å². The first-order chi connectivity index (χ1) is 9.22. The Morgan fingerprint density at radius 2 is 2.37 bits per heavy atom. The lowest BCUT2D eigenvalue weighted by molar-refractivity contribution is 0.413. The van der Waals surface area contributed by atoms with E-state index < -0.39 is 0 Å². The van der Waals surface area contributed by atoms with Crippen molar-refractivity contribution in [2.75, 3.05) is 7.11 Å². The molecule has 0 radical (unpaired) electrons. The lowest BCUT2D eigenvalue weighted by atomic mass is 10.1. The van der Waals surface area contributed by atoms with Crippen molar-refractivity contribution in [2.45, 2.75) is 19.5 Å². The van der Waals surface area contributed by atoms with Gasteiger partial charge in [0.15, 0.2) is 0 Å². The van der Waals surface area contributed by atoms with Crippen LogP contribution < -0.4 is 10.1 Å². The van der Waals surface area contributed by atoms with Crippen LogP contribution >= 0.6 is 0 Å². The summed E-state index contributed by atoms with van der Waals surface area (Å²) in [6.45, 7) is 6.57. The number of aromatic nitrogens is 2. The minimum atomic E-state index is 0.252. The predicted octanol–water partition coefficient (Wildman–Crippen LogP) is 2.84. The first-order valence-corrected chi connectivity index (χ1v) is 6.26. The number of nitrogens with one attached hydrogen (secondary N) is 1. The molecule has 1 N–H and O–H groups in total. The third kappa shape index (κ3) is 3.45. The summed E-state index contributed by atoms with van der Waals surface area (Å²) >= 11 is 0. The normalized spacial score (nSPS) is 12.1. The van der Waals surface area contributed by atoms with Crippen molar-refractivity contribution in [3.05, 3.63) is 54.4 Å². The zero-order chi connectivity index (χ0) is 13.7. The average Bonchev–Trinajstić information content (AvgIpc) is 2.93. The van der Waals surface area contributed by atoms with Gasteiger partial charge in [-0.3, -0.25) is 0 Å². The Balaban J connectivity index is 1.96. The molecule has 2 aromatic rings. The van der Waals surface area contributed by atoms with E-state index in [0.29, 0.717) is 0 Å². The first-order valence-electron chi connectivity index (χ1n) is 6.26. The molecular weight excluding hydrogens is 238 g/mol. The Morgan fingerprint density at radius 3 is 3.05 bits per heavy atom. The number of hydrogen-bond donors (Lipinski definition) is 1. The number of hydrogen-bond acceptors (Lipinski definition) is 3. The van der Waals surface area contributed by atoms with Crippen molar-refractivity contribution in [1.82, 2.24) is 15.1 Å². The van der Waals surface area contributed by atoms with Crippen LogP contribution in [-0.2, 0) is 6.54 Å². The van der Waals surface area contributed by atoms with E-state index in [1.807, 2.05) is 30.6 Å². The quantitative estimate of drug-likeness (QED) is 0.865. The van der Waals surface area contributed by atoms with Gasteiger partial charge in [0.2, 0.25) is 0 Å². The van der Waals surface area contributed by atoms with Crippen LogP contribution in [0.4, 0.5) is 0 Å². The van der Waals surface area contributed by atoms with E-state index in [-0.39, 0.29) is 6.04 Å². The Bertz CT molecular complexity index is 548. The average molecular weight is 257 g/mol. The van der Waals surface area contributed by atoms with Gasteiger partial charge < -0.3 is 10.1 Å². The van der Waals surface area contributed by atoms with Crippen LogP contribution in [0.25, 0.3) is 6.20 Å². The summed E-state index contributed by atoms with van der Waals surface area (Å²) < 4.78 is 6.94. The molecule has 4 nitrogen and oxygen atoms in total. The molecule has 0 spiro atoms. The molecule has 0 bridgehead atoms. The molecule has 0 aliphatic heterocycles. The fourth-order valence-electron chi connectivity index (χ4n) is 1.87. The molecule has 0 aliphatic rings. The molecule has 1 aromatic carbocycles. The predicted molar refractivity (Wildman–Crippen MR) is 76.9 cm³/mol. The molecule has 2 rings (SSSR count). The lowest BCUT2D eigenvalue weighted by Gasteiger charge is -2.14. The highest BCUT2D eigenvalue weighted by atomic mass is 16.5. The van der Waals surface area contributed by atoms with Crippen molar-refractivity contribution in [1.29, 1.82) is 0 Å². The Hall–Kier alpha value is -2.07. The molecule has 0 aliphatic carbocycles. The van der Waals surface area contributed by atoms with Gasteiger partial charge in [0.25, 0.3) is 0 Å². The molecule has 0 fully saturated rings. The maximum Gasteiger partial charge on any atom is 0.119 e. The highest BCUT2D eigenvalue weighted by Gasteiger charge is 2.06. The Morgan fingerprint density at radius 1 is 1.53 bits per heavy atom. The van der Waals surface area contributed by atoms with Crippen LogP contribution in [0.15, 0.2) is 43.2 Å². The minimum Gasteiger partial charge on any atom is -0.497 e. The van der Waals surface area contributed by atoms with Crippen LogP contribution in [0.2, 0.25) is 0 Å². The summed E-state index contributed by atoms with van der Waals surface area (Å²) in [6, 6.07) is 8.34. The van der Waals surface area contributed by atoms with Gasteiger partial charge in [-0.15, -0.1) is 0 Å². The fourth-order valence-corrected chi connectivity index (χ4v) is 1.87. The highest BCUT2D eigenvalue weighted by Crippen LogP contribution is 2.19. The molecule has 0 amide bonds. The van der Waals surface area contributed by atoms with Gasteiger partial charge in [-0.05, 0) is 24.6 Å². The summed E-state index contributed by atoms with van der Waals surface area (Å²) in [7, 11) is 1.68. The largest absolute Gasteiger partial charge is 0.497 e. The van der Waals surface area contributed by atoms with Crippen molar-refractivity contribution < 1.29 is 4.74 Å². The molecular formula is C15H19N3O. The SMILES string of the molecule is C=Cn1cc(CN[C@H](C)c2cccc(OC)c2)cn1. The molecule has 0 saturated heterocycles. The molecule has 0 unspecified atom stereocenters. The van der Waals surface area contributed by atoms with Gasteiger partial charge in [-0.1, -0.05) is 18.7 Å². The summed E-state index contributed by atoms with van der Waals surface area (Å²) in [4.78, 5) is 0. The third-order valence-electron chi connectivity index (χ3n) is 3.05. The number of nitrogens with zero attached hydrogens (tertiary/aromatic N) is 2. The Kier molecular flexibility index (Phi) is 4.36. The number of ether oxygens (including phenoxy) is 1. The Labute approximate surface area is 113 Å². The molecule has 1 heterocycles. The van der Waals surface area contributed by atoms with E-state index in [2.05, 4.69) is 30.0 Å². The monoisotopic (exact) mass is 257 g/mol. The van der Waals surface area contributed by atoms with Crippen LogP contribution in [0, 0.1) is 0 Å². The van der Waals surface area contributed by atoms with Crippen molar-refractivity contribution >= 4 is 6.20 Å². The molecule has 1 atom stereocenters. The summed E-state index contributed by atoms with van der Waals surface area (Å²) in [5, 5.41) is 7.61. The lowest BCUT2D eigenvalue weighted by Crippen LogP contribution is -2.17. The van der Waals surface area contributed by atoms with Crippen LogP contribution in [0.3, 0.4) is 0 Å². The van der Waals surface area contributed by atoms with Gasteiger partial charge >= 0.3 is 0 Å². The summed E-state index contributed by atoms with van der Waals surface area (Å²) in [5.74, 6) is 0.880. The van der Waals surface area contributed by atoms with E-state index in [1.54, 1.807) is 18.0 Å². The maximum absolute atomic E-state index is 5.23. The van der Waals surface area contributed by atoms with E-state index >= 15 is 0 Å². The topological polar surface area (TPSA) is 39.1 Å². The van der Waals surface area contributed by atoms with Crippen LogP contribution in [0.5, 0.6) is 5.75 Å². The molecule has 100 valence electrons. The van der Waals surface area contributed by atoms with Gasteiger partial charge in [0.05, 0.1) is 13.3 Å². The van der Waals surface area contributed by atoms with Gasteiger partial charge in [-0.2, -0.15) is 5.10 Å². The van der Waals surface area contributed by atoms with Crippen molar-refractivity contribution in [2.24, 2.45) is 0 Å². The molecule has 4 heteroatoms.